The van der Waals surface area contributed by atoms with E-state index in [0.717, 1.165) is 0 Å². The van der Waals surface area contributed by atoms with Gasteiger partial charge in [-0.2, -0.15) is 11.8 Å². The lowest BCUT2D eigenvalue weighted by Crippen LogP contribution is -2.44. The van der Waals surface area contributed by atoms with Crippen LogP contribution >= 0.6 is 11.8 Å². The molecule has 160 valence electrons. The Morgan fingerprint density at radius 2 is 1.47 bits per heavy atom. The van der Waals surface area contributed by atoms with E-state index < -0.39 is 24.2 Å². The summed E-state index contributed by atoms with van der Waals surface area (Å²) in [6.07, 6.45) is 0.884. The second kappa shape index (κ2) is 13.1. The van der Waals surface area contributed by atoms with Gasteiger partial charge in [-0.3, -0.25) is 0 Å². The molecule has 2 aromatic carbocycles. The van der Waals surface area contributed by atoms with Gasteiger partial charge < -0.3 is 24.8 Å². The molecule has 2 rings (SSSR count). The first kappa shape index (κ1) is 23.1. The zero-order chi connectivity index (χ0) is 21.6. The van der Waals surface area contributed by atoms with E-state index in [1.54, 1.807) is 60.7 Å². The lowest BCUT2D eigenvalue weighted by atomic mass is 10.2. The van der Waals surface area contributed by atoms with Crippen molar-refractivity contribution in [3.8, 4) is 11.5 Å². The molecular formula is C21H24N2O6S. The van der Waals surface area contributed by atoms with Crippen LogP contribution in [0.15, 0.2) is 60.7 Å². The number of esters is 1. The Kier molecular flexibility index (Phi) is 10.1. The van der Waals surface area contributed by atoms with Crippen LogP contribution in [0.5, 0.6) is 11.5 Å². The summed E-state index contributed by atoms with van der Waals surface area (Å²) in [7, 11) is 0. The van der Waals surface area contributed by atoms with Gasteiger partial charge in [-0.15, -0.1) is 0 Å². The molecule has 2 amide bonds. The molecule has 1 atom stereocenters. The number of ether oxygens (including phenoxy) is 3. The highest BCUT2D eigenvalue weighted by molar-refractivity contribution is 7.98. The molecule has 8 nitrogen and oxygen atoms in total. The van der Waals surface area contributed by atoms with Crippen molar-refractivity contribution in [1.29, 1.82) is 0 Å². The van der Waals surface area contributed by atoms with Gasteiger partial charge in [0.15, 0.2) is 0 Å². The van der Waals surface area contributed by atoms with Crippen molar-refractivity contribution in [3.05, 3.63) is 60.7 Å². The number of hydrogen-bond acceptors (Lipinski definition) is 7. The molecule has 0 aliphatic heterocycles. The van der Waals surface area contributed by atoms with Gasteiger partial charge in [0.2, 0.25) is 0 Å². The summed E-state index contributed by atoms with van der Waals surface area (Å²) in [6, 6.07) is 16.3. The molecule has 0 saturated carbocycles. The van der Waals surface area contributed by atoms with Gasteiger partial charge in [-0.25, -0.2) is 14.4 Å². The molecule has 2 N–H and O–H groups in total. The number of hydrogen-bond donors (Lipinski definition) is 2. The molecule has 0 bridgehead atoms. The maximum Gasteiger partial charge on any atom is 0.413 e. The lowest BCUT2D eigenvalue weighted by molar-refractivity contribution is -0.145. The number of rotatable bonds is 10. The Bertz CT molecular complexity index is 804. The van der Waals surface area contributed by atoms with Crippen LogP contribution in [0, 0.1) is 0 Å². The average molecular weight is 432 g/mol. The largest absolute Gasteiger partial charge is 0.462 e. The van der Waals surface area contributed by atoms with Gasteiger partial charge in [0.25, 0.3) is 0 Å². The van der Waals surface area contributed by atoms with E-state index in [-0.39, 0.29) is 13.2 Å². The molecule has 0 saturated heterocycles. The van der Waals surface area contributed by atoms with E-state index in [0.29, 0.717) is 23.7 Å². The monoisotopic (exact) mass is 432 g/mol. The van der Waals surface area contributed by atoms with E-state index in [1.165, 1.54) is 11.8 Å². The summed E-state index contributed by atoms with van der Waals surface area (Å²) in [5, 5.41) is 5.01. The number of benzene rings is 2. The molecule has 0 fully saturated rings. The SMILES string of the molecule is CSCC[C@H](NC(=O)Oc1ccccc1)C(=O)OCCNC(=O)Oc1ccccc1. The Morgan fingerprint density at radius 3 is 2.03 bits per heavy atom. The maximum atomic E-state index is 12.3. The van der Waals surface area contributed by atoms with Gasteiger partial charge >= 0.3 is 18.2 Å². The van der Waals surface area contributed by atoms with Crippen molar-refractivity contribution in [1.82, 2.24) is 10.6 Å². The van der Waals surface area contributed by atoms with Crippen molar-refractivity contribution in [2.75, 3.05) is 25.2 Å². The summed E-state index contributed by atoms with van der Waals surface area (Å²) >= 11 is 1.54. The number of amides is 2. The molecule has 0 aromatic heterocycles. The highest BCUT2D eigenvalue weighted by Gasteiger charge is 2.23. The molecular weight excluding hydrogens is 408 g/mol. The van der Waals surface area contributed by atoms with Gasteiger partial charge in [-0.05, 0) is 42.7 Å². The fourth-order valence-corrected chi connectivity index (χ4v) is 2.76. The number of carbonyl (C=O) groups is 3. The number of nitrogens with one attached hydrogen (secondary N) is 2. The molecule has 30 heavy (non-hydrogen) atoms. The number of carbonyl (C=O) groups excluding carboxylic acids is 3. The normalized spacial score (nSPS) is 11.1. The second-order valence-electron chi connectivity index (χ2n) is 5.98. The summed E-state index contributed by atoms with van der Waals surface area (Å²) < 4.78 is 15.4. The second-order valence-corrected chi connectivity index (χ2v) is 6.96. The van der Waals surface area contributed by atoms with Crippen molar-refractivity contribution in [3.63, 3.8) is 0 Å². The van der Waals surface area contributed by atoms with Gasteiger partial charge in [0.1, 0.15) is 24.1 Å². The Hall–Kier alpha value is -3.20. The van der Waals surface area contributed by atoms with Crippen LogP contribution < -0.4 is 20.1 Å². The van der Waals surface area contributed by atoms with E-state index in [9.17, 15) is 14.4 Å². The van der Waals surface area contributed by atoms with Crippen LogP contribution in [0.3, 0.4) is 0 Å². The minimum absolute atomic E-state index is 0.0616. The van der Waals surface area contributed by atoms with Crippen LogP contribution in [-0.4, -0.2) is 49.4 Å². The van der Waals surface area contributed by atoms with Crippen molar-refractivity contribution in [2.24, 2.45) is 0 Å². The van der Waals surface area contributed by atoms with E-state index in [2.05, 4.69) is 10.6 Å². The topological polar surface area (TPSA) is 103 Å². The standard InChI is InChI=1S/C21H24N2O6S/c1-30-15-12-18(23-21(26)29-17-10-6-3-7-11-17)19(24)27-14-13-22-20(25)28-16-8-4-2-5-9-16/h2-11,18H,12-15H2,1H3,(H,22,25)(H,23,26)/t18-/m0/s1. The maximum absolute atomic E-state index is 12.3. The third-order valence-electron chi connectivity index (χ3n) is 3.71. The minimum atomic E-state index is -0.857. The fraction of sp³-hybridized carbons (Fsp3) is 0.286. The summed E-state index contributed by atoms with van der Waals surface area (Å²) in [5.41, 5.74) is 0. The molecule has 0 spiro atoms. The van der Waals surface area contributed by atoms with Crippen LogP contribution in [0.1, 0.15) is 6.42 Å². The Labute approximate surface area is 179 Å². The highest BCUT2D eigenvalue weighted by atomic mass is 32.2. The quantitative estimate of drug-likeness (QED) is 0.439. The third-order valence-corrected chi connectivity index (χ3v) is 4.35. The first-order valence-corrected chi connectivity index (χ1v) is 10.7. The first-order chi connectivity index (χ1) is 14.6. The Morgan fingerprint density at radius 1 is 0.900 bits per heavy atom. The molecule has 2 aromatic rings. The van der Waals surface area contributed by atoms with Gasteiger partial charge in [0.05, 0.1) is 6.54 Å². The number of thioether (sulfide) groups is 1. The van der Waals surface area contributed by atoms with Crippen LogP contribution in [0.25, 0.3) is 0 Å². The molecule has 9 heteroatoms. The summed E-state index contributed by atoms with van der Waals surface area (Å²) in [4.78, 5) is 36.1. The molecule has 0 aliphatic rings. The number of para-hydroxylation sites is 2. The average Bonchev–Trinajstić information content (AvgIpc) is 2.75. The van der Waals surface area contributed by atoms with Crippen LogP contribution in [0.2, 0.25) is 0 Å². The molecule has 0 aliphatic carbocycles. The first-order valence-electron chi connectivity index (χ1n) is 9.28. The predicted octanol–water partition coefficient (Wildman–Crippen LogP) is 3.23. The molecule has 0 unspecified atom stereocenters. The highest BCUT2D eigenvalue weighted by Crippen LogP contribution is 2.10. The molecule has 0 radical (unpaired) electrons. The Balaban J connectivity index is 1.74. The van der Waals surface area contributed by atoms with E-state index in [1.807, 2.05) is 6.26 Å². The summed E-state index contributed by atoms with van der Waals surface area (Å²) in [5.74, 6) is 0.818. The minimum Gasteiger partial charge on any atom is -0.462 e. The molecule has 0 heterocycles. The van der Waals surface area contributed by atoms with E-state index in [4.69, 9.17) is 14.2 Å². The lowest BCUT2D eigenvalue weighted by Gasteiger charge is -2.17. The van der Waals surface area contributed by atoms with Gasteiger partial charge in [-0.1, -0.05) is 36.4 Å². The zero-order valence-corrected chi connectivity index (χ0v) is 17.4. The van der Waals surface area contributed by atoms with Crippen molar-refractivity contribution in [2.45, 2.75) is 12.5 Å². The summed E-state index contributed by atoms with van der Waals surface area (Å²) in [6.45, 7) is 0.00895. The smallest absolute Gasteiger partial charge is 0.413 e. The predicted molar refractivity (Wildman–Crippen MR) is 114 cm³/mol. The van der Waals surface area contributed by atoms with Crippen LogP contribution in [0.4, 0.5) is 9.59 Å². The van der Waals surface area contributed by atoms with Crippen molar-refractivity contribution >= 4 is 29.9 Å². The van der Waals surface area contributed by atoms with E-state index >= 15 is 0 Å². The van der Waals surface area contributed by atoms with Crippen molar-refractivity contribution < 1.29 is 28.6 Å². The third kappa shape index (κ3) is 8.87. The van der Waals surface area contributed by atoms with Crippen LogP contribution in [-0.2, 0) is 9.53 Å². The van der Waals surface area contributed by atoms with Gasteiger partial charge in [0, 0.05) is 0 Å². The fourth-order valence-electron chi connectivity index (χ4n) is 2.29. The zero-order valence-electron chi connectivity index (χ0n) is 16.5.